The van der Waals surface area contributed by atoms with Crippen molar-refractivity contribution in [3.05, 3.63) is 6.33 Å². The first kappa shape index (κ1) is 13.9. The van der Waals surface area contributed by atoms with Crippen LogP contribution in [0.25, 0.3) is 0 Å². The molecular weight excluding hydrogens is 244 g/mol. The molecule has 0 amide bonds. The zero-order valence-electron chi connectivity index (χ0n) is 11.7. The van der Waals surface area contributed by atoms with Crippen LogP contribution < -0.4 is 15.4 Å². The maximum atomic E-state index is 9.52. The molecule has 1 aromatic heterocycles. The minimum atomic E-state index is 0.0104. The van der Waals surface area contributed by atoms with Crippen molar-refractivity contribution < 1.29 is 9.84 Å². The summed E-state index contributed by atoms with van der Waals surface area (Å²) in [6.07, 6.45) is 2.49. The average Bonchev–Trinajstić information content (AvgIpc) is 2.72. The van der Waals surface area contributed by atoms with Crippen molar-refractivity contribution in [1.29, 1.82) is 0 Å². The molecular formula is C13H22N4O2. The Kier molecular flexibility index (Phi) is 4.09. The zero-order valence-corrected chi connectivity index (χ0v) is 11.7. The summed E-state index contributed by atoms with van der Waals surface area (Å²) in [6, 6.07) is 0.0594. The van der Waals surface area contributed by atoms with Crippen molar-refractivity contribution in [3.63, 3.8) is 0 Å². The van der Waals surface area contributed by atoms with Gasteiger partial charge in [-0.1, -0.05) is 6.92 Å². The quantitative estimate of drug-likeness (QED) is 0.847. The summed E-state index contributed by atoms with van der Waals surface area (Å²) >= 11 is 0. The number of anilines is 2. The molecule has 0 radical (unpaired) electrons. The molecule has 1 saturated heterocycles. The second-order valence-corrected chi connectivity index (χ2v) is 5.29. The van der Waals surface area contributed by atoms with Gasteiger partial charge in [0.15, 0.2) is 5.82 Å². The maximum absolute atomic E-state index is 9.52. The van der Waals surface area contributed by atoms with Gasteiger partial charge in [-0.15, -0.1) is 0 Å². The smallest absolute Gasteiger partial charge is 0.242 e. The number of hydrogen-bond acceptors (Lipinski definition) is 6. The average molecular weight is 266 g/mol. The molecule has 19 heavy (non-hydrogen) atoms. The van der Waals surface area contributed by atoms with E-state index in [-0.39, 0.29) is 18.8 Å². The van der Waals surface area contributed by atoms with Gasteiger partial charge in [0.25, 0.3) is 0 Å². The molecule has 6 nitrogen and oxygen atoms in total. The minimum Gasteiger partial charge on any atom is -0.473 e. The molecule has 0 bridgehead atoms. The third-order valence-corrected chi connectivity index (χ3v) is 3.52. The van der Waals surface area contributed by atoms with E-state index in [0.717, 1.165) is 13.0 Å². The molecule has 0 aromatic carbocycles. The topological polar surface area (TPSA) is 84.5 Å². The van der Waals surface area contributed by atoms with E-state index >= 15 is 0 Å². The van der Waals surface area contributed by atoms with Crippen molar-refractivity contribution in [1.82, 2.24) is 9.97 Å². The van der Waals surface area contributed by atoms with Gasteiger partial charge in [0.1, 0.15) is 12.0 Å². The number of nitrogens with two attached hydrogens (primary N) is 1. The maximum Gasteiger partial charge on any atom is 0.242 e. The van der Waals surface area contributed by atoms with Crippen molar-refractivity contribution >= 4 is 11.5 Å². The van der Waals surface area contributed by atoms with Gasteiger partial charge in [0.2, 0.25) is 5.88 Å². The van der Waals surface area contributed by atoms with Crippen LogP contribution in [-0.4, -0.2) is 40.4 Å². The second-order valence-electron chi connectivity index (χ2n) is 5.29. The monoisotopic (exact) mass is 266 g/mol. The van der Waals surface area contributed by atoms with Crippen molar-refractivity contribution in [2.75, 3.05) is 23.8 Å². The SMILES string of the molecule is CC(C)Oc1ncnc(N2CCC(C)C2CO)c1N. The molecule has 0 saturated carbocycles. The Morgan fingerprint density at radius 1 is 1.53 bits per heavy atom. The fourth-order valence-corrected chi connectivity index (χ4v) is 2.47. The first-order chi connectivity index (χ1) is 9.04. The van der Waals surface area contributed by atoms with Crippen molar-refractivity contribution in [2.45, 2.75) is 39.3 Å². The van der Waals surface area contributed by atoms with E-state index in [9.17, 15) is 5.11 Å². The summed E-state index contributed by atoms with van der Waals surface area (Å²) in [7, 11) is 0. The predicted octanol–water partition coefficient (Wildman–Crippen LogP) is 1.05. The van der Waals surface area contributed by atoms with Gasteiger partial charge in [0.05, 0.1) is 18.8 Å². The largest absolute Gasteiger partial charge is 0.473 e. The molecule has 2 heterocycles. The lowest BCUT2D eigenvalue weighted by molar-refractivity contribution is 0.233. The number of nitrogens with zero attached hydrogens (tertiary/aromatic N) is 3. The number of aliphatic hydroxyl groups is 1. The Morgan fingerprint density at radius 2 is 2.26 bits per heavy atom. The molecule has 1 aliphatic rings. The standard InChI is InChI=1S/C13H22N4O2/c1-8(2)19-13-11(14)12(15-7-16-13)17-5-4-9(3)10(17)6-18/h7-10,18H,4-6,14H2,1-3H3. The molecule has 2 unspecified atom stereocenters. The summed E-state index contributed by atoms with van der Waals surface area (Å²) in [5.74, 6) is 1.50. The highest BCUT2D eigenvalue weighted by molar-refractivity contribution is 5.68. The molecule has 0 spiro atoms. The van der Waals surface area contributed by atoms with E-state index < -0.39 is 0 Å². The number of aliphatic hydroxyl groups excluding tert-OH is 1. The van der Waals surface area contributed by atoms with Crippen LogP contribution in [0, 0.1) is 5.92 Å². The van der Waals surface area contributed by atoms with E-state index in [1.807, 2.05) is 13.8 Å². The number of nitrogen functional groups attached to an aromatic ring is 1. The van der Waals surface area contributed by atoms with E-state index in [4.69, 9.17) is 10.5 Å². The van der Waals surface area contributed by atoms with Crippen LogP contribution in [0.15, 0.2) is 6.33 Å². The molecule has 6 heteroatoms. The number of hydrogen-bond donors (Lipinski definition) is 2. The van der Waals surface area contributed by atoms with Gasteiger partial charge in [0, 0.05) is 6.54 Å². The van der Waals surface area contributed by atoms with E-state index in [2.05, 4.69) is 21.8 Å². The van der Waals surface area contributed by atoms with Crippen LogP contribution in [0.3, 0.4) is 0 Å². The fourth-order valence-electron chi connectivity index (χ4n) is 2.47. The van der Waals surface area contributed by atoms with Crippen LogP contribution in [0.4, 0.5) is 11.5 Å². The van der Waals surface area contributed by atoms with E-state index in [1.54, 1.807) is 0 Å². The third-order valence-electron chi connectivity index (χ3n) is 3.52. The lowest BCUT2D eigenvalue weighted by Gasteiger charge is -2.27. The Balaban J connectivity index is 2.30. The minimum absolute atomic E-state index is 0.0104. The van der Waals surface area contributed by atoms with Gasteiger partial charge in [-0.2, -0.15) is 4.98 Å². The molecule has 106 valence electrons. The van der Waals surface area contributed by atoms with Crippen molar-refractivity contribution in [2.24, 2.45) is 5.92 Å². The molecule has 1 aromatic rings. The Labute approximate surface area is 113 Å². The summed E-state index contributed by atoms with van der Waals surface area (Å²) in [6.45, 7) is 6.93. The lowest BCUT2D eigenvalue weighted by atomic mass is 10.0. The van der Waals surface area contributed by atoms with E-state index in [0.29, 0.717) is 23.3 Å². The molecule has 0 aliphatic carbocycles. The van der Waals surface area contributed by atoms with Crippen LogP contribution in [0.1, 0.15) is 27.2 Å². The first-order valence-corrected chi connectivity index (χ1v) is 6.69. The summed E-state index contributed by atoms with van der Waals surface area (Å²) in [4.78, 5) is 10.4. The van der Waals surface area contributed by atoms with Crippen molar-refractivity contribution in [3.8, 4) is 5.88 Å². The molecule has 1 aliphatic heterocycles. The lowest BCUT2D eigenvalue weighted by Crippen LogP contribution is -2.36. The third kappa shape index (κ3) is 2.73. The van der Waals surface area contributed by atoms with Crippen LogP contribution in [-0.2, 0) is 0 Å². The summed E-state index contributed by atoms with van der Waals surface area (Å²) in [5, 5.41) is 9.52. The first-order valence-electron chi connectivity index (χ1n) is 6.69. The number of aromatic nitrogens is 2. The van der Waals surface area contributed by atoms with Crippen LogP contribution in [0.2, 0.25) is 0 Å². The fraction of sp³-hybridized carbons (Fsp3) is 0.692. The van der Waals surface area contributed by atoms with Gasteiger partial charge >= 0.3 is 0 Å². The van der Waals surface area contributed by atoms with Gasteiger partial charge < -0.3 is 20.5 Å². The zero-order chi connectivity index (χ0) is 14.0. The summed E-state index contributed by atoms with van der Waals surface area (Å²) < 4.78 is 5.58. The predicted molar refractivity (Wildman–Crippen MR) is 74.2 cm³/mol. The van der Waals surface area contributed by atoms with Gasteiger partial charge in [-0.25, -0.2) is 4.98 Å². The Hall–Kier alpha value is -1.56. The van der Waals surface area contributed by atoms with Gasteiger partial charge in [-0.05, 0) is 26.2 Å². The van der Waals surface area contributed by atoms with Crippen LogP contribution in [0.5, 0.6) is 5.88 Å². The highest BCUT2D eigenvalue weighted by atomic mass is 16.5. The second kappa shape index (κ2) is 5.61. The molecule has 3 N–H and O–H groups in total. The Morgan fingerprint density at radius 3 is 2.89 bits per heavy atom. The Bertz CT molecular complexity index is 439. The molecule has 2 rings (SSSR count). The van der Waals surface area contributed by atoms with Crippen LogP contribution >= 0.6 is 0 Å². The number of ether oxygens (including phenoxy) is 1. The molecule has 2 atom stereocenters. The highest BCUT2D eigenvalue weighted by Gasteiger charge is 2.33. The highest BCUT2D eigenvalue weighted by Crippen LogP contribution is 2.34. The van der Waals surface area contributed by atoms with Gasteiger partial charge in [-0.3, -0.25) is 0 Å². The number of rotatable bonds is 4. The summed E-state index contributed by atoms with van der Waals surface area (Å²) in [5.41, 5.74) is 6.55. The molecule has 1 fully saturated rings. The normalized spacial score (nSPS) is 23.1. The van der Waals surface area contributed by atoms with E-state index in [1.165, 1.54) is 6.33 Å².